The summed E-state index contributed by atoms with van der Waals surface area (Å²) in [5.74, 6) is -1.69. The zero-order chi connectivity index (χ0) is 15.8. The Labute approximate surface area is 120 Å². The summed E-state index contributed by atoms with van der Waals surface area (Å²) in [4.78, 5) is 30.1. The molecule has 0 aromatic carbocycles. The lowest BCUT2D eigenvalue weighted by Crippen LogP contribution is -1.95. The quantitative estimate of drug-likeness (QED) is 0.474. The average molecular weight is 290 g/mol. The first-order valence-electron chi connectivity index (χ1n) is 6.97. The summed E-state index contributed by atoms with van der Waals surface area (Å²) in [5, 5.41) is 16.7. The van der Waals surface area contributed by atoms with E-state index in [1.54, 1.807) is 6.92 Å². The summed E-state index contributed by atoms with van der Waals surface area (Å²) in [7, 11) is 0. The number of carbonyl (C=O) groups excluding carboxylic acids is 1. The normalized spacial score (nSPS) is 9.30. The van der Waals surface area contributed by atoms with Crippen LogP contribution in [0.5, 0.6) is 0 Å². The molecule has 0 fully saturated rings. The maximum Gasteiger partial charge on any atom is 0.303 e. The molecule has 6 nitrogen and oxygen atoms in total. The number of carboxylic acids is 2. The molecule has 0 unspecified atom stereocenters. The summed E-state index contributed by atoms with van der Waals surface area (Å²) in [6, 6.07) is 0. The molecule has 0 aromatic rings. The maximum atomic E-state index is 10.1. The van der Waals surface area contributed by atoms with Crippen molar-refractivity contribution in [2.75, 3.05) is 6.61 Å². The molecule has 0 aliphatic heterocycles. The van der Waals surface area contributed by atoms with Crippen LogP contribution in [0, 0.1) is 0 Å². The van der Waals surface area contributed by atoms with Crippen molar-refractivity contribution in [2.24, 2.45) is 0 Å². The van der Waals surface area contributed by atoms with E-state index in [-0.39, 0.29) is 18.8 Å². The van der Waals surface area contributed by atoms with E-state index >= 15 is 0 Å². The number of ether oxygens (including phenoxy) is 1. The van der Waals surface area contributed by atoms with Gasteiger partial charge in [0.15, 0.2) is 0 Å². The lowest BCUT2D eigenvalue weighted by Gasteiger charge is -1.98. The monoisotopic (exact) mass is 290 g/mol. The Bertz CT molecular complexity index is 255. The zero-order valence-electron chi connectivity index (χ0n) is 12.4. The van der Waals surface area contributed by atoms with Crippen molar-refractivity contribution in [2.45, 2.75) is 65.2 Å². The molecule has 0 aliphatic carbocycles. The SMILES string of the molecule is CCOC(C)=O.O=C(O)CCCCCCCCC(=O)O. The molecule has 0 aliphatic rings. The molecule has 0 heterocycles. The first-order chi connectivity index (χ1) is 9.40. The summed E-state index contributed by atoms with van der Waals surface area (Å²) >= 11 is 0. The zero-order valence-corrected chi connectivity index (χ0v) is 12.4. The van der Waals surface area contributed by atoms with Crippen molar-refractivity contribution < 1.29 is 29.3 Å². The smallest absolute Gasteiger partial charge is 0.303 e. The molecule has 0 amide bonds. The van der Waals surface area contributed by atoms with Gasteiger partial charge < -0.3 is 14.9 Å². The van der Waals surface area contributed by atoms with Crippen molar-refractivity contribution >= 4 is 17.9 Å². The Balaban J connectivity index is 0. The predicted octanol–water partition coefficient (Wildman–Crippen LogP) is 2.85. The number of aliphatic carboxylic acids is 2. The molecular weight excluding hydrogens is 264 g/mol. The van der Waals surface area contributed by atoms with E-state index in [0.29, 0.717) is 6.61 Å². The second kappa shape index (κ2) is 15.5. The van der Waals surface area contributed by atoms with Crippen LogP contribution < -0.4 is 0 Å². The highest BCUT2D eigenvalue weighted by Crippen LogP contribution is 2.08. The van der Waals surface area contributed by atoms with Crippen molar-refractivity contribution in [1.29, 1.82) is 0 Å². The van der Waals surface area contributed by atoms with Crippen LogP contribution >= 0.6 is 0 Å². The van der Waals surface area contributed by atoms with E-state index in [0.717, 1.165) is 38.5 Å². The maximum absolute atomic E-state index is 10.1. The Morgan fingerprint density at radius 2 is 1.15 bits per heavy atom. The third-order valence-corrected chi connectivity index (χ3v) is 2.38. The third kappa shape index (κ3) is 25.3. The van der Waals surface area contributed by atoms with E-state index in [1.165, 1.54) is 6.92 Å². The van der Waals surface area contributed by atoms with Gasteiger partial charge in [-0.2, -0.15) is 0 Å². The van der Waals surface area contributed by atoms with Crippen LogP contribution in [0.15, 0.2) is 0 Å². The standard InChI is InChI=1S/C10H18O4.C4H8O2/c11-9(12)7-5-3-1-2-4-6-8-10(13)14;1-3-6-4(2)5/h1-8H2,(H,11,12)(H,13,14);3H2,1-2H3. The molecule has 0 spiro atoms. The highest BCUT2D eigenvalue weighted by molar-refractivity contribution is 5.66. The van der Waals surface area contributed by atoms with Crippen molar-refractivity contribution in [3.05, 3.63) is 0 Å². The van der Waals surface area contributed by atoms with E-state index in [4.69, 9.17) is 10.2 Å². The van der Waals surface area contributed by atoms with Crippen LogP contribution in [0.3, 0.4) is 0 Å². The van der Waals surface area contributed by atoms with Gasteiger partial charge in [-0.3, -0.25) is 14.4 Å². The minimum Gasteiger partial charge on any atom is -0.481 e. The molecule has 20 heavy (non-hydrogen) atoms. The predicted molar refractivity (Wildman–Crippen MR) is 74.5 cm³/mol. The lowest BCUT2D eigenvalue weighted by atomic mass is 10.1. The fourth-order valence-electron chi connectivity index (χ4n) is 1.46. The van der Waals surface area contributed by atoms with E-state index in [1.807, 2.05) is 0 Å². The lowest BCUT2D eigenvalue weighted by molar-refractivity contribution is -0.140. The summed E-state index contributed by atoms with van der Waals surface area (Å²) in [5.41, 5.74) is 0. The van der Waals surface area contributed by atoms with Crippen molar-refractivity contribution in [3.63, 3.8) is 0 Å². The van der Waals surface area contributed by atoms with Gasteiger partial charge in [0, 0.05) is 19.8 Å². The fraction of sp³-hybridized carbons (Fsp3) is 0.786. The van der Waals surface area contributed by atoms with Gasteiger partial charge in [-0.15, -0.1) is 0 Å². The summed E-state index contributed by atoms with van der Waals surface area (Å²) in [6.45, 7) is 3.65. The molecule has 0 saturated carbocycles. The Hall–Kier alpha value is -1.59. The minimum absolute atomic E-state index is 0.211. The molecule has 0 aromatic heterocycles. The van der Waals surface area contributed by atoms with Crippen molar-refractivity contribution in [1.82, 2.24) is 0 Å². The highest BCUT2D eigenvalue weighted by Gasteiger charge is 1.98. The Morgan fingerprint density at radius 1 is 0.800 bits per heavy atom. The topological polar surface area (TPSA) is 101 Å². The molecule has 2 N–H and O–H groups in total. The number of hydrogen-bond acceptors (Lipinski definition) is 4. The first kappa shape index (κ1) is 20.7. The van der Waals surface area contributed by atoms with Gasteiger partial charge in [-0.1, -0.05) is 25.7 Å². The van der Waals surface area contributed by atoms with Crippen molar-refractivity contribution in [3.8, 4) is 0 Å². The van der Waals surface area contributed by atoms with Crippen LogP contribution in [0.1, 0.15) is 65.2 Å². The van der Waals surface area contributed by atoms with Crippen LogP contribution in [-0.2, 0) is 19.1 Å². The van der Waals surface area contributed by atoms with E-state index in [9.17, 15) is 14.4 Å². The van der Waals surface area contributed by atoms with Gasteiger partial charge in [0.2, 0.25) is 0 Å². The van der Waals surface area contributed by atoms with Gasteiger partial charge in [0.25, 0.3) is 0 Å². The molecule has 118 valence electrons. The molecule has 0 atom stereocenters. The number of carboxylic acid groups (broad SMARTS) is 2. The number of carbonyl (C=O) groups is 3. The van der Waals surface area contributed by atoms with E-state index in [2.05, 4.69) is 4.74 Å². The third-order valence-electron chi connectivity index (χ3n) is 2.38. The number of unbranched alkanes of at least 4 members (excludes halogenated alkanes) is 5. The number of esters is 1. The molecule has 0 rings (SSSR count). The molecule has 0 radical (unpaired) electrons. The minimum atomic E-state index is -0.740. The summed E-state index contributed by atoms with van der Waals surface area (Å²) < 4.78 is 4.40. The van der Waals surface area contributed by atoms with Crippen LogP contribution in [0.2, 0.25) is 0 Å². The Kier molecular flexibility index (Phi) is 16.0. The number of hydrogen-bond donors (Lipinski definition) is 2. The van der Waals surface area contributed by atoms with Gasteiger partial charge in [-0.05, 0) is 19.8 Å². The van der Waals surface area contributed by atoms with E-state index < -0.39 is 11.9 Å². The van der Waals surface area contributed by atoms with Crippen LogP contribution in [0.4, 0.5) is 0 Å². The molecular formula is C14H26O6. The Morgan fingerprint density at radius 3 is 1.35 bits per heavy atom. The van der Waals surface area contributed by atoms with Crippen LogP contribution in [-0.4, -0.2) is 34.7 Å². The van der Waals surface area contributed by atoms with Crippen LogP contribution in [0.25, 0.3) is 0 Å². The highest BCUT2D eigenvalue weighted by atomic mass is 16.5. The molecule has 0 saturated heterocycles. The molecule has 6 heteroatoms. The van der Waals surface area contributed by atoms with Gasteiger partial charge in [-0.25, -0.2) is 0 Å². The fourth-order valence-corrected chi connectivity index (χ4v) is 1.46. The number of rotatable bonds is 10. The molecule has 0 bridgehead atoms. The summed E-state index contributed by atoms with van der Waals surface area (Å²) in [6.07, 6.45) is 5.82. The van der Waals surface area contributed by atoms with Gasteiger partial charge in [0.05, 0.1) is 6.61 Å². The average Bonchev–Trinajstić information content (AvgIpc) is 2.32. The first-order valence-corrected chi connectivity index (χ1v) is 6.97. The second-order valence-corrected chi connectivity index (χ2v) is 4.33. The second-order valence-electron chi connectivity index (χ2n) is 4.33. The van der Waals surface area contributed by atoms with Gasteiger partial charge >= 0.3 is 17.9 Å². The largest absolute Gasteiger partial charge is 0.481 e. The van der Waals surface area contributed by atoms with Gasteiger partial charge in [0.1, 0.15) is 0 Å².